The van der Waals surface area contributed by atoms with E-state index in [-0.39, 0.29) is 18.9 Å². The fraction of sp³-hybridized carbons (Fsp3) is 0.158. The number of ether oxygens (including phenoxy) is 3. The van der Waals surface area contributed by atoms with Crippen LogP contribution in [0.25, 0.3) is 0 Å². The van der Waals surface area contributed by atoms with Gasteiger partial charge in [-0.15, -0.1) is 0 Å². The summed E-state index contributed by atoms with van der Waals surface area (Å²) in [5, 5.41) is 18.5. The first-order valence-electron chi connectivity index (χ1n) is 7.95. The fourth-order valence-corrected chi connectivity index (χ4v) is 1.80. The Kier molecular flexibility index (Phi) is 10.3. The van der Waals surface area contributed by atoms with Gasteiger partial charge in [-0.3, -0.25) is 10.1 Å². The molecule has 0 fully saturated rings. The number of thiocarbonyl (C=S) groups is 1. The molecular weight excluding hydrogens is 386 g/mol. The van der Waals surface area contributed by atoms with Crippen molar-refractivity contribution in [2.75, 3.05) is 6.61 Å². The molecule has 0 aliphatic carbocycles. The molecule has 0 aliphatic heterocycles. The lowest BCUT2D eigenvalue weighted by molar-refractivity contribution is -0.384. The highest BCUT2D eigenvalue weighted by Crippen LogP contribution is 2.12. The molecule has 9 heteroatoms. The Labute approximate surface area is 167 Å². The predicted octanol–water partition coefficient (Wildman–Crippen LogP) is 4.48. The monoisotopic (exact) mass is 405 g/mol. The SMILES string of the molecule is C=CCOC(=O)OCc1ccc([N+](=O)[O-])cc1.OC(=S)OCc1ccccc1. The summed E-state index contributed by atoms with van der Waals surface area (Å²) in [7, 11) is 0. The molecule has 0 bridgehead atoms. The van der Waals surface area contributed by atoms with Crippen LogP contribution in [0.3, 0.4) is 0 Å². The molecule has 0 aromatic heterocycles. The number of aliphatic hydroxyl groups is 1. The largest absolute Gasteiger partial charge is 0.508 e. The molecule has 2 aromatic rings. The molecular formula is C19H19NO7S. The third kappa shape index (κ3) is 9.88. The third-order valence-electron chi connectivity index (χ3n) is 3.03. The zero-order valence-corrected chi connectivity index (χ0v) is 15.7. The number of aliphatic hydroxyl groups excluding tert-OH is 1. The van der Waals surface area contributed by atoms with Gasteiger partial charge in [0.05, 0.1) is 4.92 Å². The quantitative estimate of drug-likeness (QED) is 0.236. The lowest BCUT2D eigenvalue weighted by Crippen LogP contribution is -2.07. The second-order valence-electron chi connectivity index (χ2n) is 5.10. The molecule has 28 heavy (non-hydrogen) atoms. The molecule has 2 aromatic carbocycles. The van der Waals surface area contributed by atoms with E-state index in [2.05, 4.69) is 23.5 Å². The van der Waals surface area contributed by atoms with E-state index < -0.39 is 16.3 Å². The van der Waals surface area contributed by atoms with Gasteiger partial charge in [-0.25, -0.2) is 4.79 Å². The molecule has 0 saturated carbocycles. The maximum atomic E-state index is 10.9. The average molecular weight is 405 g/mol. The molecule has 0 spiro atoms. The van der Waals surface area contributed by atoms with Crippen molar-refractivity contribution in [3.05, 3.63) is 88.5 Å². The van der Waals surface area contributed by atoms with E-state index in [1.54, 1.807) is 0 Å². The van der Waals surface area contributed by atoms with Crippen molar-refractivity contribution < 1.29 is 29.0 Å². The average Bonchev–Trinajstić information content (AvgIpc) is 2.70. The first kappa shape index (κ1) is 22.6. The van der Waals surface area contributed by atoms with Gasteiger partial charge in [0.25, 0.3) is 5.69 Å². The van der Waals surface area contributed by atoms with Gasteiger partial charge in [0, 0.05) is 24.4 Å². The summed E-state index contributed by atoms with van der Waals surface area (Å²) < 4.78 is 14.1. The molecule has 0 unspecified atom stereocenters. The first-order chi connectivity index (χ1) is 13.4. The van der Waals surface area contributed by atoms with Crippen LogP contribution in [0.15, 0.2) is 67.3 Å². The van der Waals surface area contributed by atoms with Gasteiger partial charge in [-0.1, -0.05) is 43.0 Å². The summed E-state index contributed by atoms with van der Waals surface area (Å²) >= 11 is 4.33. The van der Waals surface area contributed by atoms with E-state index in [4.69, 9.17) is 14.6 Å². The van der Waals surface area contributed by atoms with Crippen LogP contribution in [0.4, 0.5) is 10.5 Å². The minimum Gasteiger partial charge on any atom is -0.472 e. The molecule has 0 atom stereocenters. The predicted molar refractivity (Wildman–Crippen MR) is 106 cm³/mol. The minimum atomic E-state index is -0.803. The van der Waals surface area contributed by atoms with E-state index in [9.17, 15) is 14.9 Å². The number of rotatable bonds is 7. The summed E-state index contributed by atoms with van der Waals surface area (Å²) in [4.78, 5) is 20.8. The fourth-order valence-electron chi connectivity index (χ4n) is 1.74. The maximum Gasteiger partial charge on any atom is 0.508 e. The normalized spacial score (nSPS) is 9.29. The highest BCUT2D eigenvalue weighted by atomic mass is 32.1. The lowest BCUT2D eigenvalue weighted by Gasteiger charge is -2.04. The van der Waals surface area contributed by atoms with Gasteiger partial charge < -0.3 is 19.3 Å². The van der Waals surface area contributed by atoms with Crippen LogP contribution in [0.5, 0.6) is 0 Å². The van der Waals surface area contributed by atoms with Crippen molar-refractivity contribution in [3.63, 3.8) is 0 Å². The van der Waals surface area contributed by atoms with Crippen molar-refractivity contribution in [2.24, 2.45) is 0 Å². The third-order valence-corrected chi connectivity index (χ3v) is 3.15. The van der Waals surface area contributed by atoms with Gasteiger partial charge in [-0.05, 0) is 23.3 Å². The topological polar surface area (TPSA) is 108 Å². The smallest absolute Gasteiger partial charge is 0.472 e. The highest BCUT2D eigenvalue weighted by Gasteiger charge is 2.06. The van der Waals surface area contributed by atoms with Crippen molar-refractivity contribution in [1.82, 2.24) is 0 Å². The van der Waals surface area contributed by atoms with Crippen LogP contribution in [0.1, 0.15) is 11.1 Å². The summed E-state index contributed by atoms with van der Waals surface area (Å²) in [6.07, 6.45) is 0.621. The van der Waals surface area contributed by atoms with Gasteiger partial charge in [-0.2, -0.15) is 0 Å². The molecule has 0 heterocycles. The number of hydrogen-bond acceptors (Lipinski definition) is 7. The number of nitrogens with zero attached hydrogens (tertiary/aromatic N) is 1. The number of benzene rings is 2. The Balaban J connectivity index is 0.000000307. The number of non-ortho nitro benzene ring substituents is 1. The number of carbonyl (C=O) groups is 1. The van der Waals surface area contributed by atoms with Gasteiger partial charge >= 0.3 is 11.4 Å². The van der Waals surface area contributed by atoms with Crippen LogP contribution < -0.4 is 0 Å². The van der Waals surface area contributed by atoms with E-state index in [0.29, 0.717) is 12.2 Å². The Morgan fingerprint density at radius 1 is 1.04 bits per heavy atom. The van der Waals surface area contributed by atoms with Crippen LogP contribution in [0.2, 0.25) is 0 Å². The molecule has 2 rings (SSSR count). The van der Waals surface area contributed by atoms with E-state index >= 15 is 0 Å². The molecule has 0 saturated heterocycles. The van der Waals surface area contributed by atoms with Gasteiger partial charge in [0.1, 0.15) is 19.8 Å². The van der Waals surface area contributed by atoms with E-state index in [0.717, 1.165) is 5.56 Å². The van der Waals surface area contributed by atoms with Crippen molar-refractivity contribution in [1.29, 1.82) is 0 Å². The standard InChI is InChI=1S/C11H11NO5.C8H8O2S/c1-2-7-16-11(13)17-8-9-3-5-10(6-4-9)12(14)15;9-8(11)10-6-7-4-2-1-3-5-7/h2-6H,1,7-8H2;1-5H,6H2,(H,9,11). The second kappa shape index (κ2) is 12.8. The number of nitro groups is 1. The van der Waals surface area contributed by atoms with Crippen molar-refractivity contribution >= 4 is 29.3 Å². The van der Waals surface area contributed by atoms with E-state index in [1.165, 1.54) is 30.3 Å². The van der Waals surface area contributed by atoms with E-state index in [1.807, 2.05) is 30.3 Å². The zero-order chi connectivity index (χ0) is 20.8. The molecule has 0 amide bonds. The summed E-state index contributed by atoms with van der Waals surface area (Å²) in [5.74, 6) is 0. The van der Waals surface area contributed by atoms with Gasteiger partial charge in [0.2, 0.25) is 0 Å². The molecule has 1 N–H and O–H groups in total. The second-order valence-corrected chi connectivity index (χ2v) is 5.45. The summed E-state index contributed by atoms with van der Waals surface area (Å²) in [6.45, 7) is 3.80. The minimum absolute atomic E-state index is 0.00791. The Hall–Kier alpha value is -3.46. The zero-order valence-electron chi connectivity index (χ0n) is 14.9. The maximum absolute atomic E-state index is 10.9. The Morgan fingerprint density at radius 2 is 1.61 bits per heavy atom. The lowest BCUT2D eigenvalue weighted by atomic mass is 10.2. The molecule has 8 nitrogen and oxygen atoms in total. The van der Waals surface area contributed by atoms with Crippen LogP contribution in [0, 0.1) is 10.1 Å². The Morgan fingerprint density at radius 3 is 2.14 bits per heavy atom. The van der Waals surface area contributed by atoms with Crippen LogP contribution in [-0.2, 0) is 27.4 Å². The van der Waals surface area contributed by atoms with Gasteiger partial charge in [0.15, 0.2) is 0 Å². The number of carbonyl (C=O) groups excluding carboxylic acids is 1. The molecule has 0 radical (unpaired) electrons. The van der Waals surface area contributed by atoms with Crippen molar-refractivity contribution in [2.45, 2.75) is 13.2 Å². The van der Waals surface area contributed by atoms with Crippen LogP contribution in [-0.4, -0.2) is 28.0 Å². The summed E-state index contributed by atoms with van der Waals surface area (Å²) in [5.41, 5.74) is 1.62. The number of hydrogen-bond donors (Lipinski definition) is 1. The Bertz CT molecular complexity index is 779. The molecule has 0 aliphatic rings. The number of nitro benzene ring substituents is 1. The first-order valence-corrected chi connectivity index (χ1v) is 8.36. The highest BCUT2D eigenvalue weighted by molar-refractivity contribution is 7.79. The van der Waals surface area contributed by atoms with Crippen LogP contribution >= 0.6 is 12.2 Å². The van der Waals surface area contributed by atoms with Crippen molar-refractivity contribution in [3.8, 4) is 0 Å². The summed E-state index contributed by atoms with van der Waals surface area (Å²) in [6, 6.07) is 15.2. The molecule has 148 valence electrons.